The number of carboxylic acids is 1. The lowest BCUT2D eigenvalue weighted by atomic mass is 10.0. The fraction of sp³-hybridized carbons (Fsp3) is 0.429. The van der Waals surface area contributed by atoms with Gasteiger partial charge >= 0.3 is 12.1 Å². The van der Waals surface area contributed by atoms with E-state index in [2.05, 4.69) is 0 Å². The van der Waals surface area contributed by atoms with Crippen LogP contribution >= 0.6 is 0 Å². The zero-order chi connectivity index (χ0) is 15.2. The van der Waals surface area contributed by atoms with E-state index in [1.807, 2.05) is 11.4 Å². The molecule has 1 unspecified atom stereocenters. The normalized spacial score (nSPS) is 13.6. The maximum Gasteiger partial charge on any atom is 0.410 e. The Labute approximate surface area is 117 Å². The van der Waals surface area contributed by atoms with Gasteiger partial charge in [0.05, 0.1) is 0 Å². The van der Waals surface area contributed by atoms with Crippen LogP contribution in [0.15, 0.2) is 30.3 Å². The second-order valence-corrected chi connectivity index (χ2v) is 4.95. The van der Waals surface area contributed by atoms with Crippen LogP contribution in [0, 0.1) is 5.92 Å². The van der Waals surface area contributed by atoms with Gasteiger partial charge in [-0.05, 0) is 11.5 Å². The lowest BCUT2D eigenvalue weighted by molar-refractivity contribution is -0.163. The van der Waals surface area contributed by atoms with E-state index in [1.165, 1.54) is 0 Å². The molecular formula is C14H19NO5. The van der Waals surface area contributed by atoms with E-state index in [0.717, 1.165) is 5.56 Å². The summed E-state index contributed by atoms with van der Waals surface area (Å²) in [4.78, 5) is 22.6. The summed E-state index contributed by atoms with van der Waals surface area (Å²) in [6.45, 7) is 3.49. The van der Waals surface area contributed by atoms with E-state index in [0.29, 0.717) is 0 Å². The fourth-order valence-corrected chi connectivity index (χ4v) is 1.71. The molecule has 6 nitrogen and oxygen atoms in total. The molecule has 1 amide bonds. The minimum absolute atomic E-state index is 0.00402. The first kappa shape index (κ1) is 16.0. The van der Waals surface area contributed by atoms with E-state index in [-0.39, 0.29) is 18.9 Å². The predicted molar refractivity (Wildman–Crippen MR) is 71.8 cm³/mol. The zero-order valence-corrected chi connectivity index (χ0v) is 11.5. The van der Waals surface area contributed by atoms with Crippen molar-refractivity contribution in [3.63, 3.8) is 0 Å². The van der Waals surface area contributed by atoms with Crippen molar-refractivity contribution in [3.8, 4) is 0 Å². The number of rotatable bonds is 6. The average molecular weight is 281 g/mol. The second-order valence-electron chi connectivity index (χ2n) is 4.95. The number of carbonyl (C=O) groups excluding carboxylic acids is 1. The van der Waals surface area contributed by atoms with Crippen LogP contribution in [0.25, 0.3) is 0 Å². The molecule has 1 rings (SSSR count). The van der Waals surface area contributed by atoms with Crippen molar-refractivity contribution in [3.05, 3.63) is 35.9 Å². The van der Waals surface area contributed by atoms with Crippen LogP contribution in [-0.2, 0) is 16.1 Å². The van der Waals surface area contributed by atoms with Crippen molar-refractivity contribution < 1.29 is 24.5 Å². The van der Waals surface area contributed by atoms with E-state index in [9.17, 15) is 14.7 Å². The van der Waals surface area contributed by atoms with Gasteiger partial charge in [-0.25, -0.2) is 9.59 Å². The summed E-state index contributed by atoms with van der Waals surface area (Å²) in [7, 11) is 0. The number of carbonyl (C=O) groups is 2. The van der Waals surface area contributed by atoms with Gasteiger partial charge in [0.15, 0.2) is 0 Å². The Morgan fingerprint density at radius 3 is 2.40 bits per heavy atom. The summed E-state index contributed by atoms with van der Waals surface area (Å²) in [6, 6.07) is 8.96. The van der Waals surface area contributed by atoms with Crippen molar-refractivity contribution in [1.82, 2.24) is 5.32 Å². The molecule has 0 heterocycles. The monoisotopic (exact) mass is 281 g/mol. The Kier molecular flexibility index (Phi) is 5.52. The number of hydrogen-bond donors (Lipinski definition) is 3. The molecule has 6 heteroatoms. The van der Waals surface area contributed by atoms with Gasteiger partial charge in [-0.3, -0.25) is 5.32 Å². The number of ether oxygens (including phenoxy) is 1. The molecule has 0 aliphatic heterocycles. The number of carboxylic acid groups (broad SMARTS) is 1. The van der Waals surface area contributed by atoms with Gasteiger partial charge < -0.3 is 14.9 Å². The number of nitrogens with one attached hydrogen (secondary N) is 1. The SMILES string of the molecule is CC(C)CC(O)(NC(=O)OCc1ccccc1)C(=O)O. The third-order valence-electron chi connectivity index (χ3n) is 2.58. The summed E-state index contributed by atoms with van der Waals surface area (Å²) in [5.74, 6) is -1.62. The minimum atomic E-state index is -2.32. The Morgan fingerprint density at radius 1 is 1.30 bits per heavy atom. The molecule has 0 aliphatic rings. The highest BCUT2D eigenvalue weighted by Crippen LogP contribution is 2.15. The van der Waals surface area contributed by atoms with Crippen molar-refractivity contribution in [2.75, 3.05) is 0 Å². The van der Waals surface area contributed by atoms with Crippen molar-refractivity contribution in [2.45, 2.75) is 32.6 Å². The van der Waals surface area contributed by atoms with Crippen LogP contribution < -0.4 is 5.32 Å². The van der Waals surface area contributed by atoms with Crippen molar-refractivity contribution in [1.29, 1.82) is 0 Å². The van der Waals surface area contributed by atoms with Gasteiger partial charge in [-0.15, -0.1) is 0 Å². The number of alkyl carbamates (subject to hydrolysis) is 1. The van der Waals surface area contributed by atoms with Crippen LogP contribution in [0.1, 0.15) is 25.8 Å². The Hall–Kier alpha value is -2.08. The summed E-state index contributed by atoms with van der Waals surface area (Å²) < 4.78 is 4.88. The molecule has 0 radical (unpaired) electrons. The molecule has 3 N–H and O–H groups in total. The molecule has 110 valence electrons. The van der Waals surface area contributed by atoms with Crippen molar-refractivity contribution >= 4 is 12.1 Å². The highest BCUT2D eigenvalue weighted by atomic mass is 16.6. The summed E-state index contributed by atoms with van der Waals surface area (Å²) in [6.07, 6.45) is -1.08. The largest absolute Gasteiger partial charge is 0.478 e. The first-order valence-electron chi connectivity index (χ1n) is 6.28. The third-order valence-corrected chi connectivity index (χ3v) is 2.58. The molecule has 1 aromatic carbocycles. The highest BCUT2D eigenvalue weighted by Gasteiger charge is 2.38. The molecule has 1 atom stereocenters. The number of amides is 1. The standard InChI is InChI=1S/C14H19NO5/c1-10(2)8-14(19,12(16)17)15-13(18)20-9-11-6-4-3-5-7-11/h3-7,10,19H,8-9H2,1-2H3,(H,15,18)(H,16,17). The van der Waals surface area contributed by atoms with Gasteiger partial charge in [0.1, 0.15) is 6.61 Å². The second kappa shape index (κ2) is 6.91. The molecule has 0 aromatic heterocycles. The molecule has 0 aliphatic carbocycles. The van der Waals surface area contributed by atoms with Crippen LogP contribution in [0.3, 0.4) is 0 Å². The summed E-state index contributed by atoms with van der Waals surface area (Å²) in [5, 5.41) is 20.9. The van der Waals surface area contributed by atoms with E-state index >= 15 is 0 Å². The van der Waals surface area contributed by atoms with E-state index in [4.69, 9.17) is 9.84 Å². The molecule has 0 fully saturated rings. The first-order chi connectivity index (χ1) is 9.33. The summed E-state index contributed by atoms with van der Waals surface area (Å²) >= 11 is 0. The van der Waals surface area contributed by atoms with E-state index < -0.39 is 17.8 Å². The topological polar surface area (TPSA) is 95.9 Å². The van der Waals surface area contributed by atoms with Gasteiger partial charge in [0, 0.05) is 6.42 Å². The van der Waals surface area contributed by atoms with Crippen molar-refractivity contribution in [2.24, 2.45) is 5.92 Å². The number of hydrogen-bond acceptors (Lipinski definition) is 4. The molecule has 0 saturated heterocycles. The third kappa shape index (κ3) is 4.89. The molecule has 1 aromatic rings. The van der Waals surface area contributed by atoms with Gasteiger partial charge in [0.2, 0.25) is 5.72 Å². The number of aliphatic carboxylic acids is 1. The molecule has 20 heavy (non-hydrogen) atoms. The Bertz CT molecular complexity index is 460. The average Bonchev–Trinajstić information content (AvgIpc) is 2.36. The maximum atomic E-state index is 11.6. The zero-order valence-electron chi connectivity index (χ0n) is 11.5. The van der Waals surface area contributed by atoms with Crippen LogP contribution in [-0.4, -0.2) is 28.0 Å². The number of benzene rings is 1. The Morgan fingerprint density at radius 2 is 1.90 bits per heavy atom. The Balaban J connectivity index is 2.56. The smallest absolute Gasteiger partial charge is 0.410 e. The lowest BCUT2D eigenvalue weighted by Crippen LogP contribution is -2.55. The minimum Gasteiger partial charge on any atom is -0.478 e. The van der Waals surface area contributed by atoms with Crippen LogP contribution in [0.2, 0.25) is 0 Å². The molecule has 0 spiro atoms. The molecule has 0 saturated carbocycles. The van der Waals surface area contributed by atoms with Gasteiger partial charge in [-0.1, -0.05) is 44.2 Å². The summed E-state index contributed by atoms with van der Waals surface area (Å²) in [5.41, 5.74) is -1.55. The fourth-order valence-electron chi connectivity index (χ4n) is 1.71. The van der Waals surface area contributed by atoms with Crippen LogP contribution in [0.5, 0.6) is 0 Å². The quantitative estimate of drug-likeness (QED) is 0.690. The first-order valence-corrected chi connectivity index (χ1v) is 6.28. The van der Waals surface area contributed by atoms with Gasteiger partial charge in [-0.2, -0.15) is 0 Å². The maximum absolute atomic E-state index is 11.6. The lowest BCUT2D eigenvalue weighted by Gasteiger charge is -2.25. The highest BCUT2D eigenvalue weighted by molar-refractivity contribution is 5.82. The molecule has 0 bridgehead atoms. The van der Waals surface area contributed by atoms with Gasteiger partial charge in [0.25, 0.3) is 0 Å². The predicted octanol–water partition coefficient (Wildman–Crippen LogP) is 1.73. The van der Waals surface area contributed by atoms with E-state index in [1.54, 1.807) is 38.1 Å². The number of aliphatic hydroxyl groups is 1. The van der Waals surface area contributed by atoms with Crippen LogP contribution in [0.4, 0.5) is 4.79 Å². The molecular weight excluding hydrogens is 262 g/mol.